The molecule has 0 radical (unpaired) electrons. The van der Waals surface area contributed by atoms with Crippen LogP contribution in [0.4, 0.5) is 4.39 Å². The average molecular weight is 270 g/mol. The molecule has 0 amide bonds. The Bertz CT molecular complexity index is 587. The summed E-state index contributed by atoms with van der Waals surface area (Å²) in [5.74, 6) is -0.802. The summed E-state index contributed by atoms with van der Waals surface area (Å²) in [5.41, 5.74) is 0.955. The third-order valence-corrected chi connectivity index (χ3v) is 2.96. The minimum Gasteiger partial charge on any atom is -0.298 e. The standard InChI is InChI=1S/C12H6Cl2FNO/c13-9-3-1-7(5-10(9)14)11-4-2-8(6-17)12(15)16-11/h1-6H. The number of pyridine rings is 1. The van der Waals surface area contributed by atoms with Crippen molar-refractivity contribution in [3.8, 4) is 11.3 Å². The lowest BCUT2D eigenvalue weighted by molar-refractivity contribution is 0.111. The molecule has 5 heteroatoms. The molecule has 0 aliphatic rings. The Kier molecular flexibility index (Phi) is 3.41. The second-order valence-electron chi connectivity index (χ2n) is 3.32. The van der Waals surface area contributed by atoms with Crippen LogP contribution in [0.1, 0.15) is 10.4 Å². The molecule has 0 fully saturated rings. The Balaban J connectivity index is 2.49. The zero-order chi connectivity index (χ0) is 12.4. The molecule has 0 aliphatic heterocycles. The van der Waals surface area contributed by atoms with Gasteiger partial charge in [-0.3, -0.25) is 4.79 Å². The quantitative estimate of drug-likeness (QED) is 0.609. The van der Waals surface area contributed by atoms with E-state index in [1.54, 1.807) is 24.3 Å². The zero-order valence-electron chi connectivity index (χ0n) is 8.45. The van der Waals surface area contributed by atoms with Gasteiger partial charge in [-0.1, -0.05) is 29.3 Å². The summed E-state index contributed by atoms with van der Waals surface area (Å²) in [7, 11) is 0. The maximum absolute atomic E-state index is 13.3. The van der Waals surface area contributed by atoms with Crippen LogP contribution in [0.2, 0.25) is 10.0 Å². The fraction of sp³-hybridized carbons (Fsp3) is 0. The van der Waals surface area contributed by atoms with Crippen molar-refractivity contribution in [2.24, 2.45) is 0 Å². The fourth-order valence-corrected chi connectivity index (χ4v) is 1.65. The lowest BCUT2D eigenvalue weighted by Crippen LogP contribution is -1.94. The Morgan fingerprint density at radius 3 is 2.47 bits per heavy atom. The normalized spacial score (nSPS) is 10.3. The molecule has 0 aliphatic carbocycles. The van der Waals surface area contributed by atoms with Crippen molar-refractivity contribution in [3.05, 3.63) is 51.9 Å². The summed E-state index contributed by atoms with van der Waals surface area (Å²) in [4.78, 5) is 14.1. The molecule has 1 heterocycles. The number of rotatable bonds is 2. The van der Waals surface area contributed by atoms with E-state index in [1.165, 1.54) is 6.07 Å². The van der Waals surface area contributed by atoms with E-state index in [4.69, 9.17) is 23.2 Å². The third-order valence-electron chi connectivity index (χ3n) is 2.22. The Morgan fingerprint density at radius 2 is 1.88 bits per heavy atom. The van der Waals surface area contributed by atoms with Crippen LogP contribution >= 0.6 is 23.2 Å². The predicted octanol–water partition coefficient (Wildman–Crippen LogP) is 4.01. The van der Waals surface area contributed by atoms with Crippen molar-refractivity contribution >= 4 is 29.5 Å². The summed E-state index contributed by atoms with van der Waals surface area (Å²) in [6, 6.07) is 7.79. The van der Waals surface area contributed by atoms with Crippen molar-refractivity contribution in [1.29, 1.82) is 0 Å². The summed E-state index contributed by atoms with van der Waals surface area (Å²) in [5, 5.41) is 0.784. The molecule has 86 valence electrons. The Labute approximate surface area is 107 Å². The number of benzene rings is 1. The van der Waals surface area contributed by atoms with Crippen LogP contribution in [0.5, 0.6) is 0 Å². The maximum atomic E-state index is 13.3. The fourth-order valence-electron chi connectivity index (χ4n) is 1.35. The highest BCUT2D eigenvalue weighted by atomic mass is 35.5. The molecular weight excluding hydrogens is 264 g/mol. The molecule has 0 unspecified atom stereocenters. The smallest absolute Gasteiger partial charge is 0.224 e. The average Bonchev–Trinajstić information content (AvgIpc) is 2.32. The molecule has 1 aromatic carbocycles. The lowest BCUT2D eigenvalue weighted by atomic mass is 10.1. The van der Waals surface area contributed by atoms with E-state index in [0.29, 0.717) is 27.6 Å². The van der Waals surface area contributed by atoms with Crippen LogP contribution in [0.15, 0.2) is 30.3 Å². The number of carbonyl (C=O) groups is 1. The van der Waals surface area contributed by atoms with E-state index in [0.717, 1.165) is 0 Å². The number of nitrogens with zero attached hydrogens (tertiary/aromatic N) is 1. The molecule has 0 saturated heterocycles. The van der Waals surface area contributed by atoms with Gasteiger partial charge < -0.3 is 0 Å². The number of aldehydes is 1. The number of carbonyl (C=O) groups excluding carboxylic acids is 1. The van der Waals surface area contributed by atoms with Crippen molar-refractivity contribution in [2.45, 2.75) is 0 Å². The van der Waals surface area contributed by atoms with Gasteiger partial charge in [0.2, 0.25) is 5.95 Å². The summed E-state index contributed by atoms with van der Waals surface area (Å²) < 4.78 is 13.3. The second kappa shape index (κ2) is 4.82. The molecule has 2 rings (SSSR count). The van der Waals surface area contributed by atoms with E-state index >= 15 is 0 Å². The van der Waals surface area contributed by atoms with Crippen molar-refractivity contribution in [2.75, 3.05) is 0 Å². The van der Waals surface area contributed by atoms with Crippen molar-refractivity contribution in [3.63, 3.8) is 0 Å². The van der Waals surface area contributed by atoms with Gasteiger partial charge in [-0.2, -0.15) is 4.39 Å². The summed E-state index contributed by atoms with van der Waals surface area (Å²) >= 11 is 11.6. The van der Waals surface area contributed by atoms with Crippen LogP contribution in [-0.2, 0) is 0 Å². The topological polar surface area (TPSA) is 30.0 Å². The Hall–Kier alpha value is -1.45. The van der Waals surface area contributed by atoms with Crippen molar-refractivity contribution < 1.29 is 9.18 Å². The molecular formula is C12H6Cl2FNO. The van der Waals surface area contributed by atoms with E-state index in [9.17, 15) is 9.18 Å². The summed E-state index contributed by atoms with van der Waals surface area (Å²) in [6.07, 6.45) is 0.418. The first kappa shape index (κ1) is 12.0. The van der Waals surface area contributed by atoms with Crippen molar-refractivity contribution in [1.82, 2.24) is 4.98 Å². The third kappa shape index (κ3) is 2.46. The molecule has 0 bridgehead atoms. The zero-order valence-corrected chi connectivity index (χ0v) is 9.97. The van der Waals surface area contributed by atoms with E-state index in [1.807, 2.05) is 0 Å². The maximum Gasteiger partial charge on any atom is 0.224 e. The molecule has 0 saturated carbocycles. The molecule has 0 spiro atoms. The van der Waals surface area contributed by atoms with E-state index in [-0.39, 0.29) is 5.56 Å². The number of hydrogen-bond acceptors (Lipinski definition) is 2. The largest absolute Gasteiger partial charge is 0.298 e. The SMILES string of the molecule is O=Cc1ccc(-c2ccc(Cl)c(Cl)c2)nc1F. The first-order valence-electron chi connectivity index (χ1n) is 4.69. The molecule has 0 N–H and O–H groups in total. The molecule has 2 nitrogen and oxygen atoms in total. The van der Waals surface area contributed by atoms with Gasteiger partial charge in [-0.15, -0.1) is 0 Å². The highest BCUT2D eigenvalue weighted by Crippen LogP contribution is 2.27. The van der Waals surface area contributed by atoms with Gasteiger partial charge in [0.05, 0.1) is 21.3 Å². The van der Waals surface area contributed by atoms with Crippen LogP contribution in [-0.4, -0.2) is 11.3 Å². The lowest BCUT2D eigenvalue weighted by Gasteiger charge is -2.03. The number of aromatic nitrogens is 1. The van der Waals surface area contributed by atoms with Crippen LogP contribution in [0.25, 0.3) is 11.3 Å². The predicted molar refractivity (Wildman–Crippen MR) is 65.0 cm³/mol. The molecule has 1 aromatic heterocycles. The second-order valence-corrected chi connectivity index (χ2v) is 4.14. The minimum absolute atomic E-state index is 0.0752. The highest BCUT2D eigenvalue weighted by Gasteiger charge is 2.07. The number of halogens is 3. The van der Waals surface area contributed by atoms with Gasteiger partial charge in [0.1, 0.15) is 0 Å². The van der Waals surface area contributed by atoms with Crippen LogP contribution < -0.4 is 0 Å². The van der Waals surface area contributed by atoms with E-state index in [2.05, 4.69) is 4.98 Å². The van der Waals surface area contributed by atoms with Gasteiger partial charge in [-0.05, 0) is 24.3 Å². The highest BCUT2D eigenvalue weighted by molar-refractivity contribution is 6.42. The molecule has 0 atom stereocenters. The molecule has 17 heavy (non-hydrogen) atoms. The van der Waals surface area contributed by atoms with E-state index < -0.39 is 5.95 Å². The van der Waals surface area contributed by atoms with Gasteiger partial charge in [0.15, 0.2) is 6.29 Å². The molecule has 2 aromatic rings. The summed E-state index contributed by atoms with van der Waals surface area (Å²) in [6.45, 7) is 0. The van der Waals surface area contributed by atoms with Crippen LogP contribution in [0.3, 0.4) is 0 Å². The monoisotopic (exact) mass is 269 g/mol. The van der Waals surface area contributed by atoms with Gasteiger partial charge in [0.25, 0.3) is 0 Å². The first-order chi connectivity index (χ1) is 8.11. The van der Waals surface area contributed by atoms with Gasteiger partial charge in [-0.25, -0.2) is 4.98 Å². The first-order valence-corrected chi connectivity index (χ1v) is 5.44. The van der Waals surface area contributed by atoms with Gasteiger partial charge in [0, 0.05) is 5.56 Å². The van der Waals surface area contributed by atoms with Crippen LogP contribution in [0, 0.1) is 5.95 Å². The Morgan fingerprint density at radius 1 is 1.12 bits per heavy atom. The minimum atomic E-state index is -0.802. The number of hydrogen-bond donors (Lipinski definition) is 0. The van der Waals surface area contributed by atoms with Gasteiger partial charge >= 0.3 is 0 Å².